The Morgan fingerprint density at radius 2 is 2.14 bits per heavy atom. The minimum absolute atomic E-state index is 0.342. The van der Waals surface area contributed by atoms with Gasteiger partial charge in [0.1, 0.15) is 16.6 Å². The highest BCUT2D eigenvalue weighted by molar-refractivity contribution is 7.21. The van der Waals surface area contributed by atoms with Crippen molar-refractivity contribution in [3.05, 3.63) is 47.2 Å². The van der Waals surface area contributed by atoms with Crippen molar-refractivity contribution in [1.82, 2.24) is 4.98 Å². The van der Waals surface area contributed by atoms with Gasteiger partial charge in [-0.2, -0.15) is 0 Å². The summed E-state index contributed by atoms with van der Waals surface area (Å²) in [6, 6.07) is 9.43. The Kier molecular flexibility index (Phi) is 3.61. The zero-order valence-electron chi connectivity index (χ0n) is 10.9. The molecule has 0 spiro atoms. The summed E-state index contributed by atoms with van der Waals surface area (Å²) >= 11 is 7.57. The van der Waals surface area contributed by atoms with E-state index in [1.807, 2.05) is 0 Å². The van der Waals surface area contributed by atoms with Gasteiger partial charge in [0.15, 0.2) is 0 Å². The summed E-state index contributed by atoms with van der Waals surface area (Å²) in [5.41, 5.74) is 1.08. The number of thiazole rings is 1. The Hall–Kier alpha value is -1.98. The van der Waals surface area contributed by atoms with Gasteiger partial charge in [0.2, 0.25) is 0 Å². The first kappa shape index (κ1) is 14.0. The molecule has 6 heteroatoms. The van der Waals surface area contributed by atoms with Gasteiger partial charge in [-0.05, 0) is 24.3 Å². The maximum atomic E-state index is 13.2. The first-order valence-electron chi connectivity index (χ1n) is 6.08. The van der Waals surface area contributed by atoms with Crippen molar-refractivity contribution >= 4 is 39.1 Å². The summed E-state index contributed by atoms with van der Waals surface area (Å²) in [6.45, 7) is 1.32. The molecule has 2 aromatic carbocycles. The standard InChI is InChI=1S/C15H9ClFNO2S/c1-8(19)20-12-4-2-3-10(16)14(12)15-18-11-7-9(17)5-6-13(11)21-15/h2-7H,1H3. The van der Waals surface area contributed by atoms with Gasteiger partial charge in [-0.15, -0.1) is 11.3 Å². The van der Waals surface area contributed by atoms with Gasteiger partial charge in [-0.25, -0.2) is 9.37 Å². The van der Waals surface area contributed by atoms with E-state index in [1.54, 1.807) is 24.3 Å². The third-order valence-electron chi connectivity index (χ3n) is 2.79. The Labute approximate surface area is 129 Å². The van der Waals surface area contributed by atoms with Gasteiger partial charge in [-0.1, -0.05) is 17.7 Å². The third kappa shape index (κ3) is 2.75. The third-order valence-corrected chi connectivity index (χ3v) is 4.16. The molecule has 3 nitrogen and oxygen atoms in total. The van der Waals surface area contributed by atoms with Gasteiger partial charge in [0.25, 0.3) is 0 Å². The number of carbonyl (C=O) groups excluding carboxylic acids is 1. The van der Waals surface area contributed by atoms with Crippen LogP contribution in [0.3, 0.4) is 0 Å². The lowest BCUT2D eigenvalue weighted by Gasteiger charge is -2.08. The fourth-order valence-electron chi connectivity index (χ4n) is 1.96. The Morgan fingerprint density at radius 3 is 2.90 bits per heavy atom. The summed E-state index contributed by atoms with van der Waals surface area (Å²) in [4.78, 5) is 15.6. The molecular weight excluding hydrogens is 313 g/mol. The minimum Gasteiger partial charge on any atom is -0.426 e. The lowest BCUT2D eigenvalue weighted by atomic mass is 10.2. The normalized spacial score (nSPS) is 10.8. The van der Waals surface area contributed by atoms with Crippen molar-refractivity contribution < 1.29 is 13.9 Å². The number of benzene rings is 2. The number of rotatable bonds is 2. The summed E-state index contributed by atoms with van der Waals surface area (Å²) < 4.78 is 19.3. The van der Waals surface area contributed by atoms with E-state index >= 15 is 0 Å². The Balaban J connectivity index is 2.19. The van der Waals surface area contributed by atoms with Crippen LogP contribution in [0, 0.1) is 5.82 Å². The molecule has 106 valence electrons. The molecule has 0 amide bonds. The Morgan fingerprint density at radius 1 is 1.33 bits per heavy atom. The van der Waals surface area contributed by atoms with Gasteiger partial charge in [0.05, 0.1) is 20.8 Å². The van der Waals surface area contributed by atoms with Crippen molar-refractivity contribution in [3.8, 4) is 16.3 Å². The zero-order valence-corrected chi connectivity index (χ0v) is 12.5. The van der Waals surface area contributed by atoms with E-state index in [0.29, 0.717) is 26.9 Å². The van der Waals surface area contributed by atoms with Crippen LogP contribution in [0.5, 0.6) is 5.75 Å². The number of esters is 1. The highest BCUT2D eigenvalue weighted by Crippen LogP contribution is 2.40. The van der Waals surface area contributed by atoms with Crippen molar-refractivity contribution in [2.45, 2.75) is 6.92 Å². The second kappa shape index (κ2) is 5.42. The van der Waals surface area contributed by atoms with Crippen molar-refractivity contribution in [1.29, 1.82) is 0 Å². The first-order chi connectivity index (χ1) is 10.0. The number of fused-ring (bicyclic) bond motifs is 1. The molecule has 1 heterocycles. The predicted octanol–water partition coefficient (Wildman–Crippen LogP) is 4.68. The van der Waals surface area contributed by atoms with E-state index in [9.17, 15) is 9.18 Å². The van der Waals surface area contributed by atoms with E-state index in [1.165, 1.54) is 30.4 Å². The fraction of sp³-hybridized carbons (Fsp3) is 0.0667. The average molecular weight is 322 g/mol. The summed E-state index contributed by atoms with van der Waals surface area (Å²) in [5, 5.41) is 1.01. The molecule has 0 aliphatic carbocycles. The number of carbonyl (C=O) groups is 1. The van der Waals surface area contributed by atoms with E-state index < -0.39 is 5.97 Å². The first-order valence-corrected chi connectivity index (χ1v) is 7.27. The van der Waals surface area contributed by atoms with Crippen LogP contribution in [-0.4, -0.2) is 11.0 Å². The summed E-state index contributed by atoms with van der Waals surface area (Å²) in [6.07, 6.45) is 0. The highest BCUT2D eigenvalue weighted by Gasteiger charge is 2.16. The van der Waals surface area contributed by atoms with Gasteiger partial charge < -0.3 is 4.74 Å². The second-order valence-electron chi connectivity index (χ2n) is 4.34. The van der Waals surface area contributed by atoms with E-state index in [2.05, 4.69) is 4.98 Å². The van der Waals surface area contributed by atoms with Crippen LogP contribution < -0.4 is 4.74 Å². The molecule has 3 aromatic rings. The number of hydrogen-bond donors (Lipinski definition) is 0. The molecule has 0 bridgehead atoms. The minimum atomic E-state index is -0.439. The summed E-state index contributed by atoms with van der Waals surface area (Å²) in [5.74, 6) is -0.445. The molecule has 0 N–H and O–H groups in total. The van der Waals surface area contributed by atoms with Crippen molar-refractivity contribution in [3.63, 3.8) is 0 Å². The largest absolute Gasteiger partial charge is 0.426 e. The molecule has 0 aliphatic rings. The monoisotopic (exact) mass is 321 g/mol. The maximum absolute atomic E-state index is 13.2. The van der Waals surface area contributed by atoms with E-state index in [4.69, 9.17) is 16.3 Å². The number of aromatic nitrogens is 1. The van der Waals surface area contributed by atoms with Crippen molar-refractivity contribution in [2.75, 3.05) is 0 Å². The molecule has 0 aliphatic heterocycles. The molecule has 0 fully saturated rings. The molecule has 1 aromatic heterocycles. The number of halogens is 2. The quantitative estimate of drug-likeness (QED) is 0.508. The van der Waals surface area contributed by atoms with Crippen LogP contribution in [0.4, 0.5) is 4.39 Å². The molecular formula is C15H9ClFNO2S. The van der Waals surface area contributed by atoms with Crippen LogP contribution in [0.1, 0.15) is 6.92 Å². The topological polar surface area (TPSA) is 39.2 Å². The van der Waals surface area contributed by atoms with Crippen LogP contribution >= 0.6 is 22.9 Å². The average Bonchev–Trinajstić information content (AvgIpc) is 2.80. The van der Waals surface area contributed by atoms with Crippen LogP contribution in [0.15, 0.2) is 36.4 Å². The number of ether oxygens (including phenoxy) is 1. The Bertz CT molecular complexity index is 847. The van der Waals surface area contributed by atoms with Crippen LogP contribution in [0.2, 0.25) is 5.02 Å². The predicted molar refractivity (Wildman–Crippen MR) is 81.3 cm³/mol. The van der Waals surface area contributed by atoms with Crippen molar-refractivity contribution in [2.24, 2.45) is 0 Å². The van der Waals surface area contributed by atoms with E-state index in [-0.39, 0.29) is 5.82 Å². The molecule has 0 unspecified atom stereocenters. The molecule has 0 saturated carbocycles. The number of nitrogens with zero attached hydrogens (tertiary/aromatic N) is 1. The van der Waals surface area contributed by atoms with Gasteiger partial charge in [0, 0.05) is 13.0 Å². The lowest BCUT2D eigenvalue weighted by molar-refractivity contribution is -0.131. The second-order valence-corrected chi connectivity index (χ2v) is 5.78. The SMILES string of the molecule is CC(=O)Oc1cccc(Cl)c1-c1nc2cc(F)ccc2s1. The van der Waals surface area contributed by atoms with Crippen LogP contribution in [-0.2, 0) is 4.79 Å². The van der Waals surface area contributed by atoms with E-state index in [0.717, 1.165) is 4.70 Å². The highest BCUT2D eigenvalue weighted by atomic mass is 35.5. The molecule has 0 radical (unpaired) electrons. The fourth-order valence-corrected chi connectivity index (χ4v) is 3.28. The molecule has 21 heavy (non-hydrogen) atoms. The van der Waals surface area contributed by atoms with Gasteiger partial charge in [-0.3, -0.25) is 4.79 Å². The molecule has 0 saturated heterocycles. The molecule has 3 rings (SSSR count). The summed E-state index contributed by atoms with van der Waals surface area (Å²) in [7, 11) is 0. The van der Waals surface area contributed by atoms with Gasteiger partial charge >= 0.3 is 5.97 Å². The smallest absolute Gasteiger partial charge is 0.308 e. The zero-order chi connectivity index (χ0) is 15.0. The maximum Gasteiger partial charge on any atom is 0.308 e. The van der Waals surface area contributed by atoms with Crippen LogP contribution in [0.25, 0.3) is 20.8 Å². The number of hydrogen-bond acceptors (Lipinski definition) is 4. The lowest BCUT2D eigenvalue weighted by Crippen LogP contribution is -2.02. The molecule has 0 atom stereocenters.